The number of rotatable bonds is 4. The Morgan fingerprint density at radius 1 is 1.50 bits per heavy atom. The van der Waals surface area contributed by atoms with Gasteiger partial charge in [-0.05, 0) is 38.8 Å². The van der Waals surface area contributed by atoms with Crippen LogP contribution in [0, 0.1) is 5.82 Å². The lowest BCUT2D eigenvalue weighted by atomic mass is 10.0. The van der Waals surface area contributed by atoms with Crippen LogP contribution < -0.4 is 10.6 Å². The number of hydrogen-bond acceptors (Lipinski definition) is 3. The highest BCUT2D eigenvalue weighted by Crippen LogP contribution is 2.21. The molecule has 0 bridgehead atoms. The highest BCUT2D eigenvalue weighted by molar-refractivity contribution is 5.99. The molecule has 2 rings (SSSR count). The number of carbonyl (C=O) groups excluding carboxylic acids is 1. The number of para-hydroxylation sites is 1. The van der Waals surface area contributed by atoms with Crippen LogP contribution in [0.15, 0.2) is 18.2 Å². The maximum absolute atomic E-state index is 13.8. The van der Waals surface area contributed by atoms with Gasteiger partial charge in [-0.1, -0.05) is 6.07 Å². The van der Waals surface area contributed by atoms with E-state index in [1.54, 1.807) is 12.1 Å². The minimum atomic E-state index is -0.403. The van der Waals surface area contributed by atoms with E-state index in [0.717, 1.165) is 12.8 Å². The van der Waals surface area contributed by atoms with Gasteiger partial charge in [-0.3, -0.25) is 4.79 Å². The van der Waals surface area contributed by atoms with Gasteiger partial charge in [-0.15, -0.1) is 0 Å². The Morgan fingerprint density at radius 3 is 3.00 bits per heavy atom. The van der Waals surface area contributed by atoms with Crippen LogP contribution in [-0.2, 0) is 4.74 Å². The molecule has 1 heterocycles. The highest BCUT2D eigenvalue weighted by atomic mass is 19.1. The van der Waals surface area contributed by atoms with E-state index in [9.17, 15) is 9.18 Å². The Labute approximate surface area is 118 Å². The second-order valence-electron chi connectivity index (χ2n) is 5.07. The van der Waals surface area contributed by atoms with E-state index >= 15 is 0 Å². The molecule has 0 saturated carbocycles. The molecule has 20 heavy (non-hydrogen) atoms. The molecule has 1 saturated heterocycles. The molecule has 1 aromatic rings. The second kappa shape index (κ2) is 6.70. The van der Waals surface area contributed by atoms with Crippen LogP contribution in [0.1, 0.15) is 37.0 Å². The SMILES string of the molecule is CCNc1c(F)cccc1C(=O)NC1CCOC(C)C1. The summed E-state index contributed by atoms with van der Waals surface area (Å²) in [5, 5.41) is 5.88. The van der Waals surface area contributed by atoms with E-state index in [1.807, 2.05) is 13.8 Å². The lowest BCUT2D eigenvalue weighted by molar-refractivity contribution is 0.0136. The van der Waals surface area contributed by atoms with Crippen LogP contribution in [0.3, 0.4) is 0 Å². The molecule has 110 valence electrons. The van der Waals surface area contributed by atoms with Crippen LogP contribution in [-0.4, -0.2) is 31.2 Å². The molecule has 1 aliphatic rings. The Bertz CT molecular complexity index is 479. The molecule has 2 N–H and O–H groups in total. The summed E-state index contributed by atoms with van der Waals surface area (Å²) < 4.78 is 19.2. The molecule has 5 heteroatoms. The van der Waals surface area contributed by atoms with Gasteiger partial charge in [0, 0.05) is 19.2 Å². The molecule has 0 aliphatic carbocycles. The molecule has 2 atom stereocenters. The van der Waals surface area contributed by atoms with Crippen LogP contribution >= 0.6 is 0 Å². The average Bonchev–Trinajstić information content (AvgIpc) is 2.41. The van der Waals surface area contributed by atoms with Crippen molar-refractivity contribution in [2.24, 2.45) is 0 Å². The third-order valence-electron chi connectivity index (χ3n) is 3.43. The van der Waals surface area contributed by atoms with Gasteiger partial charge in [0.15, 0.2) is 0 Å². The summed E-state index contributed by atoms with van der Waals surface area (Å²) >= 11 is 0. The van der Waals surface area contributed by atoms with Gasteiger partial charge in [-0.25, -0.2) is 4.39 Å². The largest absolute Gasteiger partial charge is 0.382 e. The third kappa shape index (κ3) is 3.48. The zero-order valence-corrected chi connectivity index (χ0v) is 11.9. The molecule has 1 aromatic carbocycles. The summed E-state index contributed by atoms with van der Waals surface area (Å²) in [6.07, 6.45) is 1.73. The van der Waals surface area contributed by atoms with Gasteiger partial charge >= 0.3 is 0 Å². The second-order valence-corrected chi connectivity index (χ2v) is 5.07. The number of hydrogen-bond donors (Lipinski definition) is 2. The normalized spacial score (nSPS) is 22.4. The summed E-state index contributed by atoms with van der Waals surface area (Å²) in [4.78, 5) is 12.3. The molecular formula is C15H21FN2O2. The van der Waals surface area contributed by atoms with Crippen LogP contribution in [0.25, 0.3) is 0 Å². The molecule has 1 aliphatic heterocycles. The van der Waals surface area contributed by atoms with Gasteiger partial charge in [0.25, 0.3) is 5.91 Å². The molecule has 2 unspecified atom stereocenters. The van der Waals surface area contributed by atoms with E-state index in [0.29, 0.717) is 18.7 Å². The summed E-state index contributed by atoms with van der Waals surface area (Å²) in [6, 6.07) is 4.63. The van der Waals surface area contributed by atoms with Crippen molar-refractivity contribution in [3.05, 3.63) is 29.6 Å². The first kappa shape index (κ1) is 14.8. The Kier molecular flexibility index (Phi) is 4.95. The van der Waals surface area contributed by atoms with Crippen molar-refractivity contribution < 1.29 is 13.9 Å². The third-order valence-corrected chi connectivity index (χ3v) is 3.43. The molecule has 0 radical (unpaired) electrons. The zero-order chi connectivity index (χ0) is 14.5. The highest BCUT2D eigenvalue weighted by Gasteiger charge is 2.23. The molecule has 0 spiro atoms. The Balaban J connectivity index is 2.10. The van der Waals surface area contributed by atoms with Crippen LogP contribution in [0.4, 0.5) is 10.1 Å². The van der Waals surface area contributed by atoms with Crippen molar-refractivity contribution in [2.45, 2.75) is 38.8 Å². The summed E-state index contributed by atoms with van der Waals surface area (Å²) in [5.41, 5.74) is 0.624. The van der Waals surface area contributed by atoms with E-state index in [4.69, 9.17) is 4.74 Å². The molecule has 1 fully saturated rings. The molecule has 0 aromatic heterocycles. The fraction of sp³-hybridized carbons (Fsp3) is 0.533. The van der Waals surface area contributed by atoms with Crippen molar-refractivity contribution in [3.63, 3.8) is 0 Å². The number of halogens is 1. The van der Waals surface area contributed by atoms with Crippen molar-refractivity contribution in [3.8, 4) is 0 Å². The fourth-order valence-electron chi connectivity index (χ4n) is 2.46. The number of benzene rings is 1. The zero-order valence-electron chi connectivity index (χ0n) is 11.9. The monoisotopic (exact) mass is 280 g/mol. The number of amides is 1. The Morgan fingerprint density at radius 2 is 2.30 bits per heavy atom. The lowest BCUT2D eigenvalue weighted by Crippen LogP contribution is -2.41. The van der Waals surface area contributed by atoms with E-state index in [1.165, 1.54) is 6.07 Å². The van der Waals surface area contributed by atoms with Crippen LogP contribution in [0.2, 0.25) is 0 Å². The molecular weight excluding hydrogens is 259 g/mol. The van der Waals surface area contributed by atoms with E-state index < -0.39 is 5.82 Å². The van der Waals surface area contributed by atoms with Crippen molar-refractivity contribution in [2.75, 3.05) is 18.5 Å². The van der Waals surface area contributed by atoms with Crippen molar-refractivity contribution in [1.82, 2.24) is 5.32 Å². The number of ether oxygens (including phenoxy) is 1. The minimum absolute atomic E-state index is 0.0870. The van der Waals surface area contributed by atoms with E-state index in [2.05, 4.69) is 10.6 Å². The first-order valence-corrected chi connectivity index (χ1v) is 7.06. The predicted molar refractivity (Wildman–Crippen MR) is 76.5 cm³/mol. The lowest BCUT2D eigenvalue weighted by Gasteiger charge is -2.28. The quantitative estimate of drug-likeness (QED) is 0.891. The van der Waals surface area contributed by atoms with Crippen molar-refractivity contribution in [1.29, 1.82) is 0 Å². The first-order chi connectivity index (χ1) is 9.61. The number of anilines is 1. The number of nitrogens with one attached hydrogen (secondary N) is 2. The predicted octanol–water partition coefficient (Wildman–Crippen LogP) is 2.55. The van der Waals surface area contributed by atoms with Gasteiger partial charge in [-0.2, -0.15) is 0 Å². The van der Waals surface area contributed by atoms with Crippen LogP contribution in [0.5, 0.6) is 0 Å². The average molecular weight is 280 g/mol. The maximum atomic E-state index is 13.8. The summed E-state index contributed by atoms with van der Waals surface area (Å²) in [6.45, 7) is 5.07. The smallest absolute Gasteiger partial charge is 0.253 e. The minimum Gasteiger partial charge on any atom is -0.382 e. The van der Waals surface area contributed by atoms with E-state index in [-0.39, 0.29) is 23.7 Å². The topological polar surface area (TPSA) is 50.4 Å². The number of carbonyl (C=O) groups is 1. The standard InChI is InChI=1S/C15H21FN2O2/c1-3-17-14-12(5-4-6-13(14)16)15(19)18-11-7-8-20-10(2)9-11/h4-6,10-11,17H,3,7-9H2,1-2H3,(H,18,19). The summed E-state index contributed by atoms with van der Waals surface area (Å²) in [7, 11) is 0. The van der Waals surface area contributed by atoms with Gasteiger partial charge in [0.1, 0.15) is 5.82 Å². The van der Waals surface area contributed by atoms with Crippen molar-refractivity contribution >= 4 is 11.6 Å². The fourth-order valence-corrected chi connectivity index (χ4v) is 2.46. The first-order valence-electron chi connectivity index (χ1n) is 7.06. The van der Waals surface area contributed by atoms with Gasteiger partial charge in [0.05, 0.1) is 17.4 Å². The Hall–Kier alpha value is -1.62. The molecule has 4 nitrogen and oxygen atoms in total. The summed E-state index contributed by atoms with van der Waals surface area (Å²) in [5.74, 6) is -0.639. The van der Waals surface area contributed by atoms with Gasteiger partial charge in [0.2, 0.25) is 0 Å². The van der Waals surface area contributed by atoms with Gasteiger partial charge < -0.3 is 15.4 Å². The maximum Gasteiger partial charge on any atom is 0.253 e. The molecule has 1 amide bonds.